The smallest absolute Gasteiger partial charge is 0.377 e. The standard InChI is InChI=1S/C14H17BrO3Si/c1-16-19(17-2,18-11-15)10-13-8-5-7-12-6-3-4-9-14(12)13/h3-9H,10-11H2,1-2H3. The highest BCUT2D eigenvalue weighted by Crippen LogP contribution is 2.23. The van der Waals surface area contributed by atoms with E-state index in [0.717, 1.165) is 0 Å². The highest BCUT2D eigenvalue weighted by atomic mass is 79.9. The van der Waals surface area contributed by atoms with Gasteiger partial charge in [0.15, 0.2) is 0 Å². The van der Waals surface area contributed by atoms with E-state index in [1.165, 1.54) is 16.3 Å². The molecule has 0 fully saturated rings. The third-order valence-corrected chi connectivity index (χ3v) is 6.48. The number of rotatable bonds is 6. The summed E-state index contributed by atoms with van der Waals surface area (Å²) < 4.78 is 16.8. The van der Waals surface area contributed by atoms with E-state index in [1.54, 1.807) is 14.2 Å². The van der Waals surface area contributed by atoms with Crippen molar-refractivity contribution in [1.82, 2.24) is 0 Å². The van der Waals surface area contributed by atoms with Crippen LogP contribution >= 0.6 is 15.9 Å². The van der Waals surface area contributed by atoms with E-state index in [1.807, 2.05) is 12.1 Å². The summed E-state index contributed by atoms with van der Waals surface area (Å²) in [5.74, 6) is 0. The average molecular weight is 341 g/mol. The van der Waals surface area contributed by atoms with E-state index in [9.17, 15) is 0 Å². The number of benzene rings is 2. The molecule has 2 rings (SSSR count). The summed E-state index contributed by atoms with van der Waals surface area (Å²) in [6.45, 7) is 0. The van der Waals surface area contributed by atoms with Gasteiger partial charge >= 0.3 is 8.80 Å². The van der Waals surface area contributed by atoms with Gasteiger partial charge in [0, 0.05) is 20.3 Å². The minimum Gasteiger partial charge on any atom is -0.377 e. The third-order valence-electron chi connectivity index (χ3n) is 3.18. The first-order chi connectivity index (χ1) is 9.24. The maximum absolute atomic E-state index is 5.69. The van der Waals surface area contributed by atoms with Crippen molar-refractivity contribution in [3.63, 3.8) is 0 Å². The second-order valence-corrected chi connectivity index (χ2v) is 7.44. The minimum absolute atomic E-state index is 0.408. The van der Waals surface area contributed by atoms with Crippen LogP contribution in [-0.4, -0.2) is 28.5 Å². The molecule has 2 aromatic rings. The van der Waals surface area contributed by atoms with Crippen LogP contribution in [0.15, 0.2) is 42.5 Å². The molecule has 19 heavy (non-hydrogen) atoms. The Morgan fingerprint density at radius 1 is 1.00 bits per heavy atom. The van der Waals surface area contributed by atoms with Crippen LogP contribution < -0.4 is 0 Å². The van der Waals surface area contributed by atoms with Crippen LogP contribution in [0.25, 0.3) is 10.8 Å². The lowest BCUT2D eigenvalue weighted by Crippen LogP contribution is -2.46. The Kier molecular flexibility index (Phi) is 5.12. The molecule has 0 spiro atoms. The molecule has 0 aliphatic rings. The lowest BCUT2D eigenvalue weighted by molar-refractivity contribution is 0.118. The van der Waals surface area contributed by atoms with Crippen LogP contribution in [0.1, 0.15) is 5.56 Å². The molecule has 0 saturated heterocycles. The van der Waals surface area contributed by atoms with Crippen molar-refractivity contribution in [1.29, 1.82) is 0 Å². The fourth-order valence-electron chi connectivity index (χ4n) is 2.16. The first-order valence-corrected chi connectivity index (χ1v) is 9.07. The van der Waals surface area contributed by atoms with Crippen LogP contribution in [0.2, 0.25) is 0 Å². The fraction of sp³-hybridized carbons (Fsp3) is 0.286. The maximum atomic E-state index is 5.69. The summed E-state index contributed by atoms with van der Waals surface area (Å²) in [4.78, 5) is 0. The molecule has 0 aromatic heterocycles. The molecule has 0 bridgehead atoms. The van der Waals surface area contributed by atoms with Crippen molar-refractivity contribution in [2.75, 3.05) is 19.7 Å². The Balaban J connectivity index is 2.39. The number of alkyl halides is 1. The van der Waals surface area contributed by atoms with Crippen molar-refractivity contribution in [3.05, 3.63) is 48.0 Å². The molecule has 0 aliphatic carbocycles. The number of hydrogen-bond acceptors (Lipinski definition) is 3. The largest absolute Gasteiger partial charge is 0.505 e. The summed E-state index contributed by atoms with van der Waals surface area (Å²) in [6.07, 6.45) is 0. The van der Waals surface area contributed by atoms with Crippen molar-refractivity contribution in [3.8, 4) is 0 Å². The van der Waals surface area contributed by atoms with Gasteiger partial charge in [-0.1, -0.05) is 58.4 Å². The molecule has 0 N–H and O–H groups in total. The van der Waals surface area contributed by atoms with Gasteiger partial charge in [-0.2, -0.15) is 0 Å². The summed E-state index contributed by atoms with van der Waals surface area (Å²) >= 11 is 3.28. The van der Waals surface area contributed by atoms with Gasteiger partial charge < -0.3 is 13.3 Å². The van der Waals surface area contributed by atoms with Crippen molar-refractivity contribution >= 4 is 35.5 Å². The van der Waals surface area contributed by atoms with Gasteiger partial charge in [0.2, 0.25) is 0 Å². The molecule has 0 radical (unpaired) electrons. The zero-order chi connectivity index (χ0) is 13.7. The van der Waals surface area contributed by atoms with Gasteiger partial charge in [-0.3, -0.25) is 0 Å². The Morgan fingerprint density at radius 3 is 2.37 bits per heavy atom. The monoisotopic (exact) mass is 340 g/mol. The maximum Gasteiger partial charge on any atom is 0.505 e. The Hall–Kier alpha value is -0.723. The van der Waals surface area contributed by atoms with Gasteiger partial charge in [0.1, 0.15) is 0 Å². The molecule has 2 aromatic carbocycles. The molecule has 0 unspecified atom stereocenters. The molecule has 0 atom stereocenters. The van der Waals surface area contributed by atoms with Crippen molar-refractivity contribution in [2.24, 2.45) is 0 Å². The summed E-state index contributed by atoms with van der Waals surface area (Å²) in [5.41, 5.74) is 1.60. The molecule has 0 amide bonds. The molecule has 102 valence electrons. The molecule has 0 saturated carbocycles. The second-order valence-electron chi connectivity index (χ2n) is 4.16. The van der Waals surface area contributed by atoms with E-state index in [0.29, 0.717) is 11.6 Å². The topological polar surface area (TPSA) is 27.7 Å². The lowest BCUT2D eigenvalue weighted by Gasteiger charge is -2.25. The SMILES string of the molecule is CO[Si](Cc1cccc2ccccc12)(OC)OCBr. The highest BCUT2D eigenvalue weighted by molar-refractivity contribution is 9.09. The number of hydrogen-bond donors (Lipinski definition) is 0. The van der Waals surface area contributed by atoms with E-state index in [4.69, 9.17) is 13.3 Å². The first kappa shape index (κ1) is 14.7. The average Bonchev–Trinajstić information content (AvgIpc) is 2.47. The van der Waals surface area contributed by atoms with Crippen LogP contribution in [0.5, 0.6) is 0 Å². The van der Waals surface area contributed by atoms with Crippen LogP contribution in [-0.2, 0) is 19.3 Å². The Bertz CT molecular complexity index is 538. The molecule has 5 heteroatoms. The molecular weight excluding hydrogens is 324 g/mol. The highest BCUT2D eigenvalue weighted by Gasteiger charge is 2.39. The summed E-state index contributed by atoms with van der Waals surface area (Å²) in [7, 11) is 0.636. The van der Waals surface area contributed by atoms with Gasteiger partial charge in [0.25, 0.3) is 0 Å². The molecule has 0 heterocycles. The summed E-state index contributed by atoms with van der Waals surface area (Å²) in [6, 6.07) is 15.2. The van der Waals surface area contributed by atoms with Gasteiger partial charge in [-0.05, 0) is 16.3 Å². The minimum atomic E-state index is -2.65. The molecular formula is C14H17BrO3Si. The predicted octanol–water partition coefficient (Wildman–Crippen LogP) is 3.52. The summed E-state index contributed by atoms with van der Waals surface area (Å²) in [5, 5.41) is 2.43. The van der Waals surface area contributed by atoms with Crippen molar-refractivity contribution < 1.29 is 13.3 Å². The first-order valence-electron chi connectivity index (χ1n) is 6.01. The van der Waals surface area contributed by atoms with Gasteiger partial charge in [-0.25, -0.2) is 0 Å². The lowest BCUT2D eigenvalue weighted by atomic mass is 10.1. The Morgan fingerprint density at radius 2 is 1.68 bits per heavy atom. The van der Waals surface area contributed by atoms with E-state index in [-0.39, 0.29) is 0 Å². The zero-order valence-electron chi connectivity index (χ0n) is 11.1. The van der Waals surface area contributed by atoms with Crippen molar-refractivity contribution in [2.45, 2.75) is 6.04 Å². The second kappa shape index (κ2) is 6.63. The predicted molar refractivity (Wildman–Crippen MR) is 82.3 cm³/mol. The fourth-order valence-corrected chi connectivity index (χ4v) is 4.94. The molecule has 0 aliphatic heterocycles. The quantitative estimate of drug-likeness (QED) is 0.594. The zero-order valence-corrected chi connectivity index (χ0v) is 13.6. The van der Waals surface area contributed by atoms with E-state index in [2.05, 4.69) is 46.3 Å². The van der Waals surface area contributed by atoms with Crippen LogP contribution in [0.4, 0.5) is 0 Å². The number of fused-ring (bicyclic) bond motifs is 1. The third kappa shape index (κ3) is 3.24. The normalized spacial score (nSPS) is 11.9. The number of halogens is 1. The van der Waals surface area contributed by atoms with E-state index >= 15 is 0 Å². The molecule has 3 nitrogen and oxygen atoms in total. The van der Waals surface area contributed by atoms with Gasteiger partial charge in [-0.15, -0.1) is 0 Å². The van der Waals surface area contributed by atoms with Crippen LogP contribution in [0.3, 0.4) is 0 Å². The van der Waals surface area contributed by atoms with Crippen LogP contribution in [0, 0.1) is 0 Å². The van der Waals surface area contributed by atoms with Gasteiger partial charge in [0.05, 0.1) is 5.52 Å². The van der Waals surface area contributed by atoms with E-state index < -0.39 is 8.80 Å². The Labute approximate surface area is 123 Å².